The van der Waals surface area contributed by atoms with Crippen LogP contribution in [0.3, 0.4) is 0 Å². The lowest BCUT2D eigenvalue weighted by Gasteiger charge is -2.18. The molecule has 2 aromatic heterocycles. The molecule has 2 heterocycles. The molecular formula is C19H16F3N7. The molecule has 0 saturated heterocycles. The van der Waals surface area contributed by atoms with Crippen LogP contribution in [-0.4, -0.2) is 29.0 Å². The summed E-state index contributed by atoms with van der Waals surface area (Å²) in [5, 5.41) is 9.32. The Morgan fingerprint density at radius 2 is 1.66 bits per heavy atom. The highest BCUT2D eigenvalue weighted by Gasteiger charge is 2.32. The quantitative estimate of drug-likeness (QED) is 0.693. The predicted octanol–water partition coefficient (Wildman–Crippen LogP) is 3.33. The number of pyridine rings is 1. The van der Waals surface area contributed by atoms with Crippen LogP contribution in [0.4, 0.5) is 30.8 Å². The van der Waals surface area contributed by atoms with E-state index in [2.05, 4.69) is 15.0 Å². The van der Waals surface area contributed by atoms with Crippen molar-refractivity contribution in [2.24, 2.45) is 0 Å². The molecule has 3 aromatic rings. The van der Waals surface area contributed by atoms with Gasteiger partial charge in [-0.25, -0.2) is 9.97 Å². The maximum absolute atomic E-state index is 13.1. The standard InChI is InChI=1S/C19H16F3N7/c1-29(2)17-13(7-12(9-26-17)19(20,21)22)10-3-5-11(6-4-10)15-14(8-23)16(24)28-18(25)27-15/h3-7,9H,1-2H3,(H4,24,25,27,28). The minimum absolute atomic E-state index is 0.0453. The summed E-state index contributed by atoms with van der Waals surface area (Å²) in [7, 11) is 3.39. The van der Waals surface area contributed by atoms with E-state index >= 15 is 0 Å². The number of aromatic nitrogens is 3. The summed E-state index contributed by atoms with van der Waals surface area (Å²) in [5.74, 6) is 0.257. The lowest BCUT2D eigenvalue weighted by molar-refractivity contribution is -0.137. The second-order valence-corrected chi connectivity index (χ2v) is 6.37. The van der Waals surface area contributed by atoms with Gasteiger partial charge >= 0.3 is 6.18 Å². The maximum atomic E-state index is 13.1. The lowest BCUT2D eigenvalue weighted by atomic mass is 10.00. The molecule has 10 heteroatoms. The molecule has 0 spiro atoms. The number of anilines is 3. The average molecular weight is 399 g/mol. The van der Waals surface area contributed by atoms with E-state index in [0.717, 1.165) is 12.3 Å². The molecule has 0 fully saturated rings. The van der Waals surface area contributed by atoms with Crippen molar-refractivity contribution in [2.45, 2.75) is 6.18 Å². The number of nitriles is 1. The van der Waals surface area contributed by atoms with Gasteiger partial charge in [0.2, 0.25) is 5.95 Å². The van der Waals surface area contributed by atoms with Crippen LogP contribution < -0.4 is 16.4 Å². The van der Waals surface area contributed by atoms with E-state index in [1.807, 2.05) is 6.07 Å². The van der Waals surface area contributed by atoms with Gasteiger partial charge in [-0.2, -0.15) is 23.4 Å². The highest BCUT2D eigenvalue weighted by atomic mass is 19.4. The fourth-order valence-corrected chi connectivity index (χ4v) is 2.80. The molecule has 0 aliphatic heterocycles. The lowest BCUT2D eigenvalue weighted by Crippen LogP contribution is -2.14. The highest BCUT2D eigenvalue weighted by molar-refractivity contribution is 5.79. The molecule has 0 atom stereocenters. The van der Waals surface area contributed by atoms with Crippen molar-refractivity contribution < 1.29 is 13.2 Å². The molecule has 148 valence electrons. The average Bonchev–Trinajstić information content (AvgIpc) is 2.66. The Hall–Kier alpha value is -3.87. The minimum Gasteiger partial charge on any atom is -0.382 e. The first-order chi connectivity index (χ1) is 13.6. The summed E-state index contributed by atoms with van der Waals surface area (Å²) < 4.78 is 39.4. The van der Waals surface area contributed by atoms with Crippen LogP contribution in [-0.2, 0) is 6.18 Å². The predicted molar refractivity (Wildman–Crippen MR) is 104 cm³/mol. The van der Waals surface area contributed by atoms with Crippen LogP contribution in [0.1, 0.15) is 11.1 Å². The molecule has 7 nitrogen and oxygen atoms in total. The van der Waals surface area contributed by atoms with E-state index in [0.29, 0.717) is 22.5 Å². The molecule has 4 N–H and O–H groups in total. The zero-order valence-electron chi connectivity index (χ0n) is 15.5. The Bertz CT molecular complexity index is 1100. The van der Waals surface area contributed by atoms with Crippen LogP contribution in [0.2, 0.25) is 0 Å². The molecule has 0 bridgehead atoms. The van der Waals surface area contributed by atoms with Gasteiger partial charge in [-0.05, 0) is 11.6 Å². The number of nitrogen functional groups attached to an aromatic ring is 2. The van der Waals surface area contributed by atoms with Crippen LogP contribution in [0.5, 0.6) is 0 Å². The Kier molecular flexibility index (Phi) is 4.99. The van der Waals surface area contributed by atoms with Gasteiger partial charge < -0.3 is 16.4 Å². The number of alkyl halides is 3. The van der Waals surface area contributed by atoms with Crippen molar-refractivity contribution in [3.8, 4) is 28.5 Å². The van der Waals surface area contributed by atoms with Gasteiger partial charge in [0.15, 0.2) is 0 Å². The molecule has 3 rings (SSSR count). The Morgan fingerprint density at radius 3 is 2.21 bits per heavy atom. The van der Waals surface area contributed by atoms with E-state index in [-0.39, 0.29) is 23.0 Å². The van der Waals surface area contributed by atoms with Crippen molar-refractivity contribution >= 4 is 17.6 Å². The van der Waals surface area contributed by atoms with Crippen molar-refractivity contribution in [3.63, 3.8) is 0 Å². The summed E-state index contributed by atoms with van der Waals surface area (Å²) in [5.41, 5.74) is 12.2. The summed E-state index contributed by atoms with van der Waals surface area (Å²) in [6.07, 6.45) is -3.71. The van der Waals surface area contributed by atoms with Gasteiger partial charge in [-0.3, -0.25) is 0 Å². The van der Waals surface area contributed by atoms with Crippen molar-refractivity contribution in [3.05, 3.63) is 47.7 Å². The fraction of sp³-hybridized carbons (Fsp3) is 0.158. The molecule has 0 radical (unpaired) electrons. The van der Waals surface area contributed by atoms with Crippen LogP contribution in [0.15, 0.2) is 36.5 Å². The first-order valence-electron chi connectivity index (χ1n) is 8.30. The summed E-state index contributed by atoms with van der Waals surface area (Å²) in [4.78, 5) is 13.4. The monoisotopic (exact) mass is 399 g/mol. The molecule has 1 aromatic carbocycles. The molecular weight excluding hydrogens is 383 g/mol. The van der Waals surface area contributed by atoms with E-state index in [9.17, 15) is 18.4 Å². The molecule has 0 unspecified atom stereocenters. The van der Waals surface area contributed by atoms with Crippen LogP contribution >= 0.6 is 0 Å². The van der Waals surface area contributed by atoms with Crippen molar-refractivity contribution in [1.29, 1.82) is 5.26 Å². The smallest absolute Gasteiger partial charge is 0.382 e. The number of hydrogen-bond acceptors (Lipinski definition) is 7. The van der Waals surface area contributed by atoms with Gasteiger partial charge in [0.1, 0.15) is 23.3 Å². The second kappa shape index (κ2) is 7.27. The number of nitrogens with zero attached hydrogens (tertiary/aromatic N) is 5. The first-order valence-corrected chi connectivity index (χ1v) is 8.30. The first kappa shape index (κ1) is 19.9. The summed E-state index contributed by atoms with van der Waals surface area (Å²) >= 11 is 0. The molecule has 0 amide bonds. The Balaban J connectivity index is 2.12. The van der Waals surface area contributed by atoms with Gasteiger partial charge in [0.25, 0.3) is 0 Å². The zero-order valence-corrected chi connectivity index (χ0v) is 15.5. The molecule has 0 aliphatic rings. The number of halogens is 3. The van der Waals surface area contributed by atoms with Crippen LogP contribution in [0, 0.1) is 11.3 Å². The summed E-state index contributed by atoms with van der Waals surface area (Å²) in [6, 6.07) is 9.48. The Morgan fingerprint density at radius 1 is 1.03 bits per heavy atom. The normalized spacial score (nSPS) is 11.2. The van der Waals surface area contributed by atoms with Gasteiger partial charge in [0.05, 0.1) is 11.3 Å². The van der Waals surface area contributed by atoms with Crippen molar-refractivity contribution in [2.75, 3.05) is 30.5 Å². The third-order valence-corrected chi connectivity index (χ3v) is 4.15. The largest absolute Gasteiger partial charge is 0.417 e. The zero-order chi connectivity index (χ0) is 21.3. The Labute approximate surface area is 164 Å². The van der Waals surface area contributed by atoms with Gasteiger partial charge in [0, 0.05) is 31.4 Å². The summed E-state index contributed by atoms with van der Waals surface area (Å²) in [6.45, 7) is 0. The minimum atomic E-state index is -4.51. The molecule has 29 heavy (non-hydrogen) atoms. The van der Waals surface area contributed by atoms with Crippen LogP contribution in [0.25, 0.3) is 22.4 Å². The molecule has 0 saturated carbocycles. The highest BCUT2D eigenvalue weighted by Crippen LogP contribution is 2.36. The van der Waals surface area contributed by atoms with E-state index < -0.39 is 11.7 Å². The molecule has 0 aliphatic carbocycles. The van der Waals surface area contributed by atoms with Crippen molar-refractivity contribution in [1.82, 2.24) is 15.0 Å². The van der Waals surface area contributed by atoms with E-state index in [1.165, 1.54) is 0 Å². The fourth-order valence-electron chi connectivity index (χ4n) is 2.80. The second-order valence-electron chi connectivity index (χ2n) is 6.37. The van der Waals surface area contributed by atoms with E-state index in [4.69, 9.17) is 11.5 Å². The van der Waals surface area contributed by atoms with E-state index in [1.54, 1.807) is 43.3 Å². The number of benzene rings is 1. The third-order valence-electron chi connectivity index (χ3n) is 4.15. The number of rotatable bonds is 3. The number of hydrogen-bond donors (Lipinski definition) is 2. The van der Waals surface area contributed by atoms with Gasteiger partial charge in [-0.1, -0.05) is 24.3 Å². The topological polar surface area (TPSA) is 118 Å². The SMILES string of the molecule is CN(C)c1ncc(C(F)(F)F)cc1-c1ccc(-c2nc(N)nc(N)c2C#N)cc1. The van der Waals surface area contributed by atoms with Gasteiger partial charge in [-0.15, -0.1) is 0 Å². The number of nitrogens with two attached hydrogens (primary N) is 2. The third kappa shape index (κ3) is 3.89. The maximum Gasteiger partial charge on any atom is 0.417 e.